The molecule has 1 N–H and O–H groups in total. The average molecular weight is 470 g/mol. The van der Waals surface area contributed by atoms with Gasteiger partial charge in [0.05, 0.1) is 24.6 Å². The number of aryl methyl sites for hydroxylation is 2. The summed E-state index contributed by atoms with van der Waals surface area (Å²) in [5, 5.41) is 3.53. The highest BCUT2D eigenvalue weighted by atomic mass is 19.1. The van der Waals surface area contributed by atoms with Crippen LogP contribution in [0.3, 0.4) is 0 Å². The van der Waals surface area contributed by atoms with E-state index in [2.05, 4.69) is 16.4 Å². The van der Waals surface area contributed by atoms with E-state index in [0.29, 0.717) is 23.3 Å². The molecule has 0 radical (unpaired) electrons. The van der Waals surface area contributed by atoms with Crippen LogP contribution in [0.1, 0.15) is 30.3 Å². The molecule has 1 fully saturated rings. The first-order chi connectivity index (χ1) is 17.0. The zero-order chi connectivity index (χ0) is 24.1. The van der Waals surface area contributed by atoms with Crippen LogP contribution in [0.15, 0.2) is 59.1 Å². The fourth-order valence-corrected chi connectivity index (χ4v) is 4.32. The summed E-state index contributed by atoms with van der Waals surface area (Å²) < 4.78 is 26.8. The zero-order valence-electron chi connectivity index (χ0n) is 19.7. The van der Waals surface area contributed by atoms with Gasteiger partial charge in [-0.15, -0.1) is 0 Å². The Bertz CT molecular complexity index is 1550. The molecule has 0 amide bonds. The lowest BCUT2D eigenvalue weighted by atomic mass is 10.1. The number of anilines is 2. The van der Waals surface area contributed by atoms with Crippen molar-refractivity contribution in [3.63, 3.8) is 0 Å². The summed E-state index contributed by atoms with van der Waals surface area (Å²) >= 11 is 0. The van der Waals surface area contributed by atoms with Gasteiger partial charge in [0.1, 0.15) is 22.9 Å². The number of nitrogens with one attached hydrogen (secondary N) is 1. The van der Waals surface area contributed by atoms with Crippen molar-refractivity contribution in [3.8, 4) is 28.5 Å². The number of hydrogen-bond acceptors (Lipinski definition) is 6. The third-order valence-electron chi connectivity index (χ3n) is 6.31. The van der Waals surface area contributed by atoms with Crippen LogP contribution in [0.25, 0.3) is 33.9 Å². The highest BCUT2D eigenvalue weighted by molar-refractivity contribution is 5.91. The first kappa shape index (κ1) is 21.3. The third-order valence-corrected chi connectivity index (χ3v) is 6.31. The van der Waals surface area contributed by atoms with Crippen LogP contribution in [0.4, 0.5) is 15.8 Å². The number of ether oxygens (including phenoxy) is 1. The van der Waals surface area contributed by atoms with E-state index in [1.165, 1.54) is 12.1 Å². The summed E-state index contributed by atoms with van der Waals surface area (Å²) in [5.74, 6) is 2.85. The number of rotatable bonds is 6. The minimum absolute atomic E-state index is 0.276. The van der Waals surface area contributed by atoms with Crippen molar-refractivity contribution in [2.45, 2.75) is 25.7 Å². The largest absolute Gasteiger partial charge is 0.496 e. The Morgan fingerprint density at radius 2 is 1.89 bits per heavy atom. The van der Waals surface area contributed by atoms with Crippen molar-refractivity contribution in [3.05, 3.63) is 72.1 Å². The maximum absolute atomic E-state index is 13.5. The zero-order valence-corrected chi connectivity index (χ0v) is 19.7. The van der Waals surface area contributed by atoms with Gasteiger partial charge in [-0.1, -0.05) is 0 Å². The molecular weight excluding hydrogens is 445 g/mol. The summed E-state index contributed by atoms with van der Waals surface area (Å²) in [6.45, 7) is 1.81. The van der Waals surface area contributed by atoms with Crippen LogP contribution in [-0.2, 0) is 7.05 Å². The van der Waals surface area contributed by atoms with Crippen molar-refractivity contribution >= 4 is 22.5 Å². The van der Waals surface area contributed by atoms with Crippen molar-refractivity contribution < 1.29 is 13.5 Å². The van der Waals surface area contributed by atoms with E-state index in [-0.39, 0.29) is 5.82 Å². The number of pyridine rings is 1. The topological polar surface area (TPSA) is 78.0 Å². The fourth-order valence-electron chi connectivity index (χ4n) is 4.32. The molecule has 1 aliphatic carbocycles. The second-order valence-electron chi connectivity index (χ2n) is 8.83. The van der Waals surface area contributed by atoms with Gasteiger partial charge in [0, 0.05) is 42.9 Å². The fraction of sp³-hybridized carbons (Fsp3) is 0.222. The predicted octanol–water partition coefficient (Wildman–Crippen LogP) is 6.37. The van der Waals surface area contributed by atoms with Gasteiger partial charge in [-0.25, -0.2) is 19.3 Å². The Kier molecular flexibility index (Phi) is 5.02. The van der Waals surface area contributed by atoms with Gasteiger partial charge >= 0.3 is 0 Å². The van der Waals surface area contributed by atoms with Gasteiger partial charge in [0.2, 0.25) is 0 Å². The van der Waals surface area contributed by atoms with Crippen molar-refractivity contribution in [1.29, 1.82) is 0 Å². The normalized spacial score (nSPS) is 13.4. The number of oxazole rings is 1. The molecule has 5 aromatic rings. The number of methoxy groups -OCH3 is 1. The Labute approximate surface area is 201 Å². The van der Waals surface area contributed by atoms with Crippen molar-refractivity contribution in [2.24, 2.45) is 7.05 Å². The molecule has 0 spiro atoms. The van der Waals surface area contributed by atoms with E-state index < -0.39 is 0 Å². The minimum Gasteiger partial charge on any atom is -0.496 e. The average Bonchev–Trinajstić information content (AvgIpc) is 3.55. The van der Waals surface area contributed by atoms with Gasteiger partial charge in [0.25, 0.3) is 0 Å². The van der Waals surface area contributed by atoms with Crippen LogP contribution >= 0.6 is 0 Å². The molecule has 6 rings (SSSR count). The molecule has 0 aliphatic heterocycles. The summed E-state index contributed by atoms with van der Waals surface area (Å²) in [4.78, 5) is 14.0. The summed E-state index contributed by atoms with van der Waals surface area (Å²) in [6, 6.07) is 14.3. The first-order valence-electron chi connectivity index (χ1n) is 11.5. The smallest absolute Gasteiger partial charge is 0.191 e. The maximum atomic E-state index is 13.5. The molecule has 3 heterocycles. The second kappa shape index (κ2) is 8.23. The molecule has 3 aromatic heterocycles. The maximum Gasteiger partial charge on any atom is 0.191 e. The molecule has 35 heavy (non-hydrogen) atoms. The van der Waals surface area contributed by atoms with Gasteiger partial charge < -0.3 is 19.0 Å². The lowest BCUT2D eigenvalue weighted by molar-refractivity contribution is 0.414. The summed E-state index contributed by atoms with van der Waals surface area (Å²) in [7, 11) is 3.58. The number of hydrogen-bond donors (Lipinski definition) is 1. The number of fused-ring (bicyclic) bond motifs is 1. The number of benzene rings is 2. The Morgan fingerprint density at radius 3 is 2.57 bits per heavy atom. The second-order valence-corrected chi connectivity index (χ2v) is 8.83. The van der Waals surface area contributed by atoms with Crippen LogP contribution in [0, 0.1) is 12.7 Å². The standard InChI is InChI=1S/C27H24FN5O2/c1-15-29-14-24(35-15)20-11-10-19(12-23(20)34-3)30-22-13-21(16-4-5-16)31-27-25(22)32-26(33(27)2)17-6-8-18(28)9-7-17/h6-14,16H,4-5H2,1-3H3,(H,30,31). The highest BCUT2D eigenvalue weighted by Crippen LogP contribution is 2.42. The molecular formula is C27H24FN5O2. The molecule has 0 atom stereocenters. The van der Waals surface area contributed by atoms with Crippen LogP contribution < -0.4 is 10.1 Å². The third kappa shape index (κ3) is 3.90. The molecule has 2 aromatic carbocycles. The molecule has 8 heteroatoms. The minimum atomic E-state index is -0.276. The van der Waals surface area contributed by atoms with Crippen LogP contribution in [0.2, 0.25) is 0 Å². The molecule has 176 valence electrons. The molecule has 1 aliphatic rings. The monoisotopic (exact) mass is 469 g/mol. The Hall–Kier alpha value is -4.20. The summed E-state index contributed by atoms with van der Waals surface area (Å²) in [6.07, 6.45) is 3.97. The first-order valence-corrected chi connectivity index (χ1v) is 11.5. The van der Waals surface area contributed by atoms with E-state index in [4.69, 9.17) is 19.1 Å². The Morgan fingerprint density at radius 1 is 1.09 bits per heavy atom. The molecule has 0 bridgehead atoms. The lowest BCUT2D eigenvalue weighted by Crippen LogP contribution is -1.99. The van der Waals surface area contributed by atoms with Crippen molar-refractivity contribution in [1.82, 2.24) is 19.5 Å². The van der Waals surface area contributed by atoms with Crippen LogP contribution in [0.5, 0.6) is 5.75 Å². The van der Waals surface area contributed by atoms with E-state index in [9.17, 15) is 4.39 Å². The number of imidazole rings is 1. The summed E-state index contributed by atoms with van der Waals surface area (Å²) in [5.41, 5.74) is 5.97. The van der Waals surface area contributed by atoms with E-state index in [1.807, 2.05) is 36.7 Å². The van der Waals surface area contributed by atoms with Gasteiger partial charge in [-0.3, -0.25) is 0 Å². The van der Waals surface area contributed by atoms with Gasteiger partial charge in [-0.2, -0.15) is 0 Å². The van der Waals surface area contributed by atoms with Gasteiger partial charge in [-0.05, 0) is 55.3 Å². The van der Waals surface area contributed by atoms with E-state index >= 15 is 0 Å². The molecule has 1 saturated carbocycles. The molecule has 0 unspecified atom stereocenters. The predicted molar refractivity (Wildman–Crippen MR) is 132 cm³/mol. The van der Waals surface area contributed by atoms with E-state index in [1.54, 1.807) is 25.4 Å². The number of nitrogens with zero attached hydrogens (tertiary/aromatic N) is 4. The number of aromatic nitrogens is 4. The van der Waals surface area contributed by atoms with Crippen LogP contribution in [-0.4, -0.2) is 26.6 Å². The van der Waals surface area contributed by atoms with E-state index in [0.717, 1.165) is 58.0 Å². The quantitative estimate of drug-likeness (QED) is 0.311. The number of halogens is 1. The lowest BCUT2D eigenvalue weighted by Gasteiger charge is -2.12. The van der Waals surface area contributed by atoms with Gasteiger partial charge in [0.15, 0.2) is 17.3 Å². The molecule has 0 saturated heterocycles. The Balaban J connectivity index is 1.44. The van der Waals surface area contributed by atoms with Crippen molar-refractivity contribution in [2.75, 3.05) is 12.4 Å². The highest BCUT2D eigenvalue weighted by Gasteiger charge is 2.27. The molecule has 7 nitrogen and oxygen atoms in total. The SMILES string of the molecule is COc1cc(Nc2cc(C3CC3)nc3c2nc(-c2ccc(F)cc2)n3C)ccc1-c1cnc(C)o1.